The number of rotatable bonds is 8. The van der Waals surface area contributed by atoms with Gasteiger partial charge in [0.2, 0.25) is 20.8 Å². The third-order valence-corrected chi connectivity index (χ3v) is 5.32. The first-order valence-electron chi connectivity index (χ1n) is 7.02. The molecule has 132 valence electrons. The van der Waals surface area contributed by atoms with Gasteiger partial charge in [0.1, 0.15) is 12.5 Å². The molecule has 0 aliphatic heterocycles. The second-order valence-corrected chi connectivity index (χ2v) is 10.5. The number of nitrogens with zero attached hydrogens (tertiary/aromatic N) is 5. The molecular weight excluding hydrogens is 418 g/mol. The summed E-state index contributed by atoms with van der Waals surface area (Å²) in [5, 5.41) is 4.01. The lowest BCUT2D eigenvalue weighted by molar-refractivity contribution is 0.0631. The Morgan fingerprint density at radius 3 is 2.50 bits per heavy atom. The van der Waals surface area contributed by atoms with Crippen LogP contribution in [0.25, 0.3) is 11.6 Å². The van der Waals surface area contributed by atoms with Crippen LogP contribution in [-0.4, -0.2) is 64.3 Å². The minimum Gasteiger partial charge on any atom is -0.359 e. The van der Waals surface area contributed by atoms with E-state index in [0.717, 1.165) is 18.4 Å². The lowest BCUT2D eigenvalue weighted by Crippen LogP contribution is -2.14. The molecule has 0 radical (unpaired) electrons. The van der Waals surface area contributed by atoms with E-state index >= 15 is 0 Å². The first kappa shape index (κ1) is 19.3. The predicted molar refractivity (Wildman–Crippen MR) is 96.5 cm³/mol. The van der Waals surface area contributed by atoms with E-state index in [0.29, 0.717) is 22.0 Å². The Kier molecular flexibility index (Phi) is 6.72. The van der Waals surface area contributed by atoms with Crippen LogP contribution in [0.3, 0.4) is 0 Å². The van der Waals surface area contributed by atoms with E-state index in [1.807, 2.05) is 0 Å². The third kappa shape index (κ3) is 5.50. The van der Waals surface area contributed by atoms with Crippen molar-refractivity contribution in [3.63, 3.8) is 0 Å². The molecule has 0 spiro atoms. The van der Waals surface area contributed by atoms with Crippen molar-refractivity contribution in [1.29, 1.82) is 0 Å². The van der Waals surface area contributed by atoms with Gasteiger partial charge in [-0.3, -0.25) is 0 Å². The topological polar surface area (TPSA) is 99.9 Å². The van der Waals surface area contributed by atoms with Crippen LogP contribution in [0, 0.1) is 0 Å². The van der Waals surface area contributed by atoms with Crippen molar-refractivity contribution in [3.8, 4) is 11.6 Å². The number of ether oxygens (including phenoxy) is 1. The van der Waals surface area contributed by atoms with E-state index in [4.69, 9.17) is 4.74 Å². The van der Waals surface area contributed by atoms with Crippen LogP contribution in [0.15, 0.2) is 22.0 Å². The van der Waals surface area contributed by atoms with Gasteiger partial charge in [-0.25, -0.2) is 23.1 Å². The zero-order valence-electron chi connectivity index (χ0n) is 13.6. The molecule has 8 nitrogen and oxygen atoms in total. The summed E-state index contributed by atoms with van der Waals surface area (Å²) in [6.07, 6.45) is 9.44. The smallest absolute Gasteiger partial charge is 0.248 e. The Morgan fingerprint density at radius 1 is 1.25 bits per heavy atom. The van der Waals surface area contributed by atoms with E-state index in [1.54, 1.807) is 12.4 Å². The van der Waals surface area contributed by atoms with Gasteiger partial charge in [0.25, 0.3) is 0 Å². The van der Waals surface area contributed by atoms with Crippen molar-refractivity contribution < 1.29 is 13.2 Å². The van der Waals surface area contributed by atoms with Crippen molar-refractivity contribution >= 4 is 36.7 Å². The SMILES string of the molecule is C[S+](C)CCCOCn1nc(-c2ncc(Br)cn2)nc1S(C)(=O)=O. The highest BCUT2D eigenvalue weighted by molar-refractivity contribution is 9.10. The summed E-state index contributed by atoms with van der Waals surface area (Å²) in [5.41, 5.74) is 0. The minimum atomic E-state index is -3.54. The molecular formula is C13H19BrN5O3S2+. The third-order valence-electron chi connectivity index (χ3n) is 2.84. The molecule has 2 aromatic rings. The molecule has 0 fully saturated rings. The Balaban J connectivity index is 2.15. The van der Waals surface area contributed by atoms with Crippen molar-refractivity contribution in [2.24, 2.45) is 0 Å². The molecule has 0 amide bonds. The maximum absolute atomic E-state index is 11.9. The summed E-state index contributed by atoms with van der Waals surface area (Å²) in [6, 6.07) is 0. The van der Waals surface area contributed by atoms with Crippen molar-refractivity contribution in [3.05, 3.63) is 16.9 Å². The highest BCUT2D eigenvalue weighted by atomic mass is 79.9. The van der Waals surface area contributed by atoms with Crippen LogP contribution in [0.5, 0.6) is 0 Å². The Labute approximate surface area is 152 Å². The monoisotopic (exact) mass is 436 g/mol. The fraction of sp³-hybridized carbons (Fsp3) is 0.538. The average molecular weight is 437 g/mol. The van der Waals surface area contributed by atoms with Crippen LogP contribution in [0.2, 0.25) is 0 Å². The number of hydrogen-bond donors (Lipinski definition) is 0. The fourth-order valence-corrected chi connectivity index (χ4v) is 3.44. The Morgan fingerprint density at radius 2 is 1.92 bits per heavy atom. The molecule has 0 N–H and O–H groups in total. The van der Waals surface area contributed by atoms with Crippen molar-refractivity contribution in [2.45, 2.75) is 18.3 Å². The standard InChI is InChI=1S/C13H19BrN5O3S2/c1-23(2)6-4-5-22-9-19-13(24(3,20)21)17-12(18-19)11-15-7-10(14)8-16-11/h7-8H,4-6,9H2,1-3H3/q+1. The van der Waals surface area contributed by atoms with Gasteiger partial charge in [0.05, 0.1) is 23.6 Å². The molecule has 11 heteroatoms. The van der Waals surface area contributed by atoms with Gasteiger partial charge in [0.15, 0.2) is 5.82 Å². The van der Waals surface area contributed by atoms with Crippen molar-refractivity contribution in [1.82, 2.24) is 24.7 Å². The van der Waals surface area contributed by atoms with Crippen LogP contribution in [0.4, 0.5) is 0 Å². The van der Waals surface area contributed by atoms with Gasteiger partial charge in [-0.15, -0.1) is 5.10 Å². The summed E-state index contributed by atoms with van der Waals surface area (Å²) in [7, 11) is -3.17. The summed E-state index contributed by atoms with van der Waals surface area (Å²) in [6.45, 7) is 0.561. The van der Waals surface area contributed by atoms with Crippen LogP contribution in [0.1, 0.15) is 6.42 Å². The normalized spacial score (nSPS) is 12.0. The maximum Gasteiger partial charge on any atom is 0.248 e. The quantitative estimate of drug-likeness (QED) is 0.451. The highest BCUT2D eigenvalue weighted by Gasteiger charge is 2.21. The Bertz CT molecular complexity index is 777. The first-order valence-corrected chi connectivity index (χ1v) is 11.9. The van der Waals surface area contributed by atoms with Crippen molar-refractivity contribution in [2.75, 3.05) is 31.1 Å². The summed E-state index contributed by atoms with van der Waals surface area (Å²) in [4.78, 5) is 12.2. The zero-order valence-corrected chi connectivity index (χ0v) is 16.9. The van der Waals surface area contributed by atoms with E-state index in [9.17, 15) is 8.42 Å². The van der Waals surface area contributed by atoms with Gasteiger partial charge in [0, 0.05) is 25.1 Å². The second kappa shape index (κ2) is 8.37. The molecule has 0 atom stereocenters. The van der Waals surface area contributed by atoms with Crippen LogP contribution in [-0.2, 0) is 32.2 Å². The molecule has 0 saturated carbocycles. The molecule has 0 saturated heterocycles. The van der Waals surface area contributed by atoms with Gasteiger partial charge in [-0.05, 0) is 26.8 Å². The summed E-state index contributed by atoms with van der Waals surface area (Å²) in [5.74, 6) is 1.48. The molecule has 0 aliphatic carbocycles. The fourth-order valence-electron chi connectivity index (χ4n) is 1.81. The number of sulfone groups is 1. The maximum atomic E-state index is 11.9. The van der Waals surface area contributed by atoms with Gasteiger partial charge < -0.3 is 4.74 Å². The van der Waals surface area contributed by atoms with Gasteiger partial charge in [-0.1, -0.05) is 0 Å². The molecule has 2 rings (SSSR count). The predicted octanol–water partition coefficient (Wildman–Crippen LogP) is 1.14. The largest absolute Gasteiger partial charge is 0.359 e. The molecule has 0 bridgehead atoms. The minimum absolute atomic E-state index is 0.0210. The lowest BCUT2D eigenvalue weighted by Gasteiger charge is -2.05. The lowest BCUT2D eigenvalue weighted by atomic mass is 10.5. The van der Waals surface area contributed by atoms with E-state index < -0.39 is 9.84 Å². The molecule has 0 aromatic carbocycles. The first-order chi connectivity index (χ1) is 11.3. The van der Waals surface area contributed by atoms with Crippen LogP contribution < -0.4 is 0 Å². The number of halogens is 1. The summed E-state index contributed by atoms with van der Waals surface area (Å²) >= 11 is 3.24. The number of aromatic nitrogens is 5. The van der Waals surface area contributed by atoms with Crippen LogP contribution >= 0.6 is 15.9 Å². The van der Waals surface area contributed by atoms with Gasteiger partial charge >= 0.3 is 0 Å². The second-order valence-electron chi connectivity index (χ2n) is 5.30. The Hall–Kier alpha value is -1.04. The van der Waals surface area contributed by atoms with E-state index in [2.05, 4.69) is 48.5 Å². The summed E-state index contributed by atoms with van der Waals surface area (Å²) < 4.78 is 31.3. The van der Waals surface area contributed by atoms with Gasteiger partial charge in [-0.2, -0.15) is 4.98 Å². The molecule has 24 heavy (non-hydrogen) atoms. The highest BCUT2D eigenvalue weighted by Crippen LogP contribution is 2.15. The van der Waals surface area contributed by atoms with E-state index in [1.165, 1.54) is 4.68 Å². The average Bonchev–Trinajstić information content (AvgIpc) is 2.91. The van der Waals surface area contributed by atoms with E-state index in [-0.39, 0.29) is 23.5 Å². The zero-order chi connectivity index (χ0) is 17.7. The molecule has 0 unspecified atom stereocenters. The number of hydrogen-bond acceptors (Lipinski definition) is 7. The molecule has 2 aromatic heterocycles. The molecule has 2 heterocycles. The molecule has 0 aliphatic rings.